The van der Waals surface area contributed by atoms with Crippen LogP contribution in [0.5, 0.6) is 0 Å². The number of aromatic amines is 1. The molecular formula is C23H15N3. The highest BCUT2D eigenvalue weighted by molar-refractivity contribution is 6.27. The van der Waals surface area contributed by atoms with Crippen LogP contribution in [0.25, 0.3) is 49.3 Å². The first-order valence-electron chi connectivity index (χ1n) is 8.75. The van der Waals surface area contributed by atoms with E-state index in [9.17, 15) is 0 Å². The second kappa shape index (κ2) is 4.96. The molecule has 0 bridgehead atoms. The molecule has 3 heterocycles. The summed E-state index contributed by atoms with van der Waals surface area (Å²) in [6.07, 6.45) is 3.94. The molecule has 0 spiro atoms. The van der Waals surface area contributed by atoms with Crippen LogP contribution in [-0.4, -0.2) is 14.5 Å². The van der Waals surface area contributed by atoms with Crippen LogP contribution in [-0.2, 0) is 0 Å². The minimum absolute atomic E-state index is 0.937. The lowest BCUT2D eigenvalue weighted by atomic mass is 10.0. The number of fused-ring (bicyclic) bond motifs is 7. The molecule has 0 fully saturated rings. The van der Waals surface area contributed by atoms with Gasteiger partial charge in [-0.3, -0.25) is 0 Å². The van der Waals surface area contributed by atoms with Gasteiger partial charge in [0.15, 0.2) is 0 Å². The normalized spacial score (nSPS) is 11.8. The lowest BCUT2D eigenvalue weighted by Gasteiger charge is -2.05. The van der Waals surface area contributed by atoms with E-state index in [1.54, 1.807) is 0 Å². The molecule has 0 saturated carbocycles. The van der Waals surface area contributed by atoms with E-state index in [1.807, 2.05) is 24.4 Å². The first-order valence-corrected chi connectivity index (χ1v) is 8.75. The minimum Gasteiger partial charge on any atom is -0.354 e. The van der Waals surface area contributed by atoms with Crippen molar-refractivity contribution in [3.63, 3.8) is 0 Å². The Hall–Kier alpha value is -3.59. The van der Waals surface area contributed by atoms with Gasteiger partial charge in [-0.1, -0.05) is 36.4 Å². The summed E-state index contributed by atoms with van der Waals surface area (Å²) < 4.78 is 2.15. The molecule has 0 aliphatic rings. The van der Waals surface area contributed by atoms with Crippen LogP contribution in [0.3, 0.4) is 0 Å². The summed E-state index contributed by atoms with van der Waals surface area (Å²) in [5.74, 6) is 0.937. The van der Waals surface area contributed by atoms with Crippen LogP contribution >= 0.6 is 0 Å². The Morgan fingerprint density at radius 2 is 1.50 bits per heavy atom. The van der Waals surface area contributed by atoms with E-state index in [1.165, 1.54) is 43.5 Å². The molecule has 6 rings (SSSR count). The number of rotatable bonds is 1. The first kappa shape index (κ1) is 13.7. The van der Waals surface area contributed by atoms with E-state index >= 15 is 0 Å². The molecule has 3 heteroatoms. The lowest BCUT2D eigenvalue weighted by molar-refractivity contribution is 1.04. The van der Waals surface area contributed by atoms with Crippen LogP contribution in [0.2, 0.25) is 0 Å². The van der Waals surface area contributed by atoms with E-state index in [0.29, 0.717) is 0 Å². The molecule has 0 unspecified atom stereocenters. The van der Waals surface area contributed by atoms with Crippen molar-refractivity contribution in [3.05, 3.63) is 85.2 Å². The van der Waals surface area contributed by atoms with Gasteiger partial charge in [-0.2, -0.15) is 0 Å². The highest BCUT2D eigenvalue weighted by atomic mass is 15.0. The average Bonchev–Trinajstić information content (AvgIpc) is 3.29. The summed E-state index contributed by atoms with van der Waals surface area (Å²) in [6, 6.07) is 25.5. The van der Waals surface area contributed by atoms with E-state index in [4.69, 9.17) is 0 Å². The Balaban J connectivity index is 1.81. The monoisotopic (exact) mass is 333 g/mol. The number of hydrogen-bond acceptors (Lipinski definition) is 1. The maximum absolute atomic E-state index is 4.51. The van der Waals surface area contributed by atoms with Gasteiger partial charge in [0, 0.05) is 39.6 Å². The second-order valence-corrected chi connectivity index (χ2v) is 6.63. The van der Waals surface area contributed by atoms with Crippen LogP contribution < -0.4 is 0 Å². The van der Waals surface area contributed by atoms with Gasteiger partial charge in [0.2, 0.25) is 0 Å². The number of hydrogen-bond donors (Lipinski definition) is 1. The van der Waals surface area contributed by atoms with Crippen LogP contribution in [0, 0.1) is 0 Å². The molecule has 0 radical (unpaired) electrons. The molecule has 0 saturated heterocycles. The van der Waals surface area contributed by atoms with Crippen molar-refractivity contribution in [2.75, 3.05) is 0 Å². The zero-order chi connectivity index (χ0) is 17.1. The molecular weight excluding hydrogens is 318 g/mol. The Kier molecular flexibility index (Phi) is 2.61. The minimum atomic E-state index is 0.937. The number of aromatic nitrogens is 3. The van der Waals surface area contributed by atoms with Gasteiger partial charge >= 0.3 is 0 Å². The number of nitrogens with one attached hydrogen (secondary N) is 1. The van der Waals surface area contributed by atoms with Gasteiger partial charge in [-0.25, -0.2) is 4.98 Å². The predicted molar refractivity (Wildman–Crippen MR) is 108 cm³/mol. The Morgan fingerprint density at radius 1 is 0.692 bits per heavy atom. The molecule has 0 atom stereocenters. The fourth-order valence-corrected chi connectivity index (χ4v) is 4.08. The first-order chi connectivity index (χ1) is 12.9. The molecule has 122 valence electrons. The molecule has 26 heavy (non-hydrogen) atoms. The van der Waals surface area contributed by atoms with E-state index < -0.39 is 0 Å². The quantitative estimate of drug-likeness (QED) is 0.404. The third kappa shape index (κ3) is 1.74. The largest absolute Gasteiger partial charge is 0.354 e. The van der Waals surface area contributed by atoms with Crippen LogP contribution in [0.1, 0.15) is 0 Å². The van der Waals surface area contributed by atoms with Crippen LogP contribution in [0.15, 0.2) is 85.2 Å². The van der Waals surface area contributed by atoms with Gasteiger partial charge in [-0.05, 0) is 47.2 Å². The maximum atomic E-state index is 4.51. The number of nitrogens with zero attached hydrogens (tertiary/aromatic N) is 2. The van der Waals surface area contributed by atoms with Crippen molar-refractivity contribution in [1.29, 1.82) is 0 Å². The lowest BCUT2D eigenvalue weighted by Crippen LogP contribution is -1.94. The third-order valence-corrected chi connectivity index (χ3v) is 5.22. The summed E-state index contributed by atoms with van der Waals surface area (Å²) in [5, 5.41) is 6.37. The summed E-state index contributed by atoms with van der Waals surface area (Å²) in [6.45, 7) is 0. The van der Waals surface area contributed by atoms with Crippen molar-refractivity contribution in [2.24, 2.45) is 0 Å². The summed E-state index contributed by atoms with van der Waals surface area (Å²) >= 11 is 0. The molecule has 0 amide bonds. The van der Waals surface area contributed by atoms with E-state index in [0.717, 1.165) is 5.82 Å². The maximum Gasteiger partial charge on any atom is 0.137 e. The van der Waals surface area contributed by atoms with Crippen LogP contribution in [0.4, 0.5) is 0 Å². The average molecular weight is 333 g/mol. The van der Waals surface area contributed by atoms with Crippen molar-refractivity contribution in [3.8, 4) is 5.82 Å². The molecule has 3 nitrogen and oxygen atoms in total. The number of H-pyrrole nitrogens is 1. The standard InChI is InChI=1S/C23H15N3/c1-2-6-16-15(5-1)8-9-18-22(16)23-17-12-14-26(21-7-3-4-13-24-21)20(17)11-10-19(23)25-18/h1-14,25H. The Labute approximate surface area is 149 Å². The molecule has 0 aliphatic carbocycles. The van der Waals surface area contributed by atoms with E-state index in [-0.39, 0.29) is 0 Å². The zero-order valence-corrected chi connectivity index (χ0v) is 14.0. The van der Waals surface area contributed by atoms with Gasteiger partial charge in [0.05, 0.1) is 5.52 Å². The molecule has 3 aromatic heterocycles. The molecule has 1 N–H and O–H groups in total. The predicted octanol–water partition coefficient (Wildman–Crippen LogP) is 5.81. The Morgan fingerprint density at radius 3 is 2.38 bits per heavy atom. The van der Waals surface area contributed by atoms with Crippen molar-refractivity contribution < 1.29 is 0 Å². The highest BCUT2D eigenvalue weighted by Crippen LogP contribution is 2.37. The summed E-state index contributed by atoms with van der Waals surface area (Å²) in [7, 11) is 0. The fraction of sp³-hybridized carbons (Fsp3) is 0. The second-order valence-electron chi connectivity index (χ2n) is 6.63. The molecule has 6 aromatic rings. The van der Waals surface area contributed by atoms with Crippen molar-refractivity contribution in [1.82, 2.24) is 14.5 Å². The summed E-state index contributed by atoms with van der Waals surface area (Å²) in [5.41, 5.74) is 3.52. The summed E-state index contributed by atoms with van der Waals surface area (Å²) in [4.78, 5) is 8.09. The zero-order valence-electron chi connectivity index (χ0n) is 14.0. The highest BCUT2D eigenvalue weighted by Gasteiger charge is 2.13. The van der Waals surface area contributed by atoms with Crippen molar-refractivity contribution >= 4 is 43.5 Å². The van der Waals surface area contributed by atoms with Crippen molar-refractivity contribution in [2.45, 2.75) is 0 Å². The third-order valence-electron chi connectivity index (χ3n) is 5.22. The van der Waals surface area contributed by atoms with E-state index in [2.05, 4.69) is 75.3 Å². The number of benzene rings is 3. The molecule has 3 aromatic carbocycles. The van der Waals surface area contributed by atoms with Gasteiger partial charge in [0.1, 0.15) is 5.82 Å². The topological polar surface area (TPSA) is 33.6 Å². The smallest absolute Gasteiger partial charge is 0.137 e. The van der Waals surface area contributed by atoms with Gasteiger partial charge in [-0.15, -0.1) is 0 Å². The SMILES string of the molecule is c1ccc(-n2ccc3c4c(ccc32)[nH]c2ccc3ccccc3c24)nc1. The molecule has 0 aliphatic heterocycles. The van der Waals surface area contributed by atoms with Gasteiger partial charge in [0.25, 0.3) is 0 Å². The number of pyridine rings is 1. The Bertz CT molecular complexity index is 1420. The van der Waals surface area contributed by atoms with Gasteiger partial charge < -0.3 is 9.55 Å². The fourth-order valence-electron chi connectivity index (χ4n) is 4.08.